The third-order valence-electron chi connectivity index (χ3n) is 7.30. The molecule has 21 nitrogen and oxygen atoms in total. The van der Waals surface area contributed by atoms with Crippen LogP contribution in [0.3, 0.4) is 0 Å². The monoisotopic (exact) mass is 842 g/mol. The van der Waals surface area contributed by atoms with Gasteiger partial charge in [-0.3, -0.25) is 13.7 Å². The molecule has 0 aliphatic heterocycles. The summed E-state index contributed by atoms with van der Waals surface area (Å²) in [5, 5.41) is 23.4. The molecule has 1 atom stereocenters. The molecule has 5 rings (SSSR count). The first-order chi connectivity index (χ1) is 26.9. The molecule has 0 saturated carbocycles. The normalized spacial score (nSPS) is 12.7. The van der Waals surface area contributed by atoms with Crippen LogP contribution in [0.1, 0.15) is 13.3 Å². The lowest BCUT2D eigenvalue weighted by Gasteiger charge is -2.16. The zero-order valence-corrected chi connectivity index (χ0v) is 32.3. The van der Waals surface area contributed by atoms with Crippen LogP contribution >= 0.6 is 0 Å². The van der Waals surface area contributed by atoms with Crippen molar-refractivity contribution in [2.45, 2.75) is 23.6 Å². The Bertz CT molecular complexity index is 2620. The quantitative estimate of drug-likeness (QED) is 0.0302. The van der Waals surface area contributed by atoms with Crippen molar-refractivity contribution >= 4 is 82.3 Å². The van der Waals surface area contributed by atoms with Crippen LogP contribution in [0.2, 0.25) is 0 Å². The number of hydrogen-bond acceptors (Lipinski definition) is 18. The molecule has 57 heavy (non-hydrogen) atoms. The molecule has 6 N–H and O–H groups in total. The number of nitrogens with one attached hydrogen (secondary N) is 3. The van der Waals surface area contributed by atoms with Crippen LogP contribution in [0.25, 0.3) is 0 Å². The number of methoxy groups -OCH3 is 1. The molecule has 0 fully saturated rings. The van der Waals surface area contributed by atoms with Crippen molar-refractivity contribution in [3.8, 4) is 11.5 Å². The number of hydrogen-bond donors (Lipinski definition) is 6. The minimum absolute atomic E-state index is 0.0569. The van der Waals surface area contributed by atoms with Crippen molar-refractivity contribution in [2.75, 3.05) is 35.4 Å². The number of aromatic nitrogens is 3. The zero-order chi connectivity index (χ0) is 41.2. The highest BCUT2D eigenvalue weighted by Crippen LogP contribution is 2.35. The fourth-order valence-electron chi connectivity index (χ4n) is 4.55. The molecule has 5 aromatic rings. The highest BCUT2D eigenvalue weighted by molar-refractivity contribution is 7.86. The second-order valence-electron chi connectivity index (χ2n) is 11.6. The summed E-state index contributed by atoms with van der Waals surface area (Å²) in [7, 11) is -11.9. The molecule has 0 aliphatic carbocycles. The number of benzene rings is 4. The highest BCUT2D eigenvalue weighted by atomic mass is 32.2. The van der Waals surface area contributed by atoms with Gasteiger partial charge in [0.2, 0.25) is 17.8 Å². The summed E-state index contributed by atoms with van der Waals surface area (Å²) >= 11 is 0. The molecule has 1 aromatic heterocycles. The maximum absolute atomic E-state index is 11.8. The van der Waals surface area contributed by atoms with Gasteiger partial charge in [0.15, 0.2) is 5.37 Å². The van der Waals surface area contributed by atoms with E-state index in [0.717, 1.165) is 13.0 Å². The fourth-order valence-corrected chi connectivity index (χ4v) is 5.80. The topological polar surface area (TPSA) is 306 Å². The summed E-state index contributed by atoms with van der Waals surface area (Å²) in [6.07, 6.45) is -0.0569. The van der Waals surface area contributed by atoms with Gasteiger partial charge in [-0.1, -0.05) is 24.3 Å². The van der Waals surface area contributed by atoms with E-state index in [1.807, 2.05) is 6.07 Å². The van der Waals surface area contributed by atoms with Gasteiger partial charge < -0.3 is 25.4 Å². The predicted molar refractivity (Wildman–Crippen MR) is 208 cm³/mol. The molecule has 0 radical (unpaired) electrons. The molecule has 24 heteroatoms. The van der Waals surface area contributed by atoms with E-state index in [2.05, 4.69) is 51.4 Å². The first kappa shape index (κ1) is 42.0. The molecule has 1 unspecified atom stereocenters. The number of azo groups is 2. The fraction of sp³-hybridized carbons (Fsp3) is 0.182. The van der Waals surface area contributed by atoms with Crippen molar-refractivity contribution in [1.29, 1.82) is 0 Å². The highest BCUT2D eigenvalue weighted by Gasteiger charge is 2.20. The van der Waals surface area contributed by atoms with Gasteiger partial charge in [-0.2, -0.15) is 60.7 Å². The maximum Gasteiger partial charge on any atom is 0.294 e. The smallest absolute Gasteiger partial charge is 0.294 e. The number of anilines is 5. The molecular formula is C33H34N10O11S3. The number of ether oxygens (including phenoxy) is 2. The standard InChI is InChI=1S/C33H34N10O11S3/c1-21(56(47,48)49)34-31-37-32(35-27-14-12-24(19-29(27)53-2)43-41-23-10-6-11-26(18-23)57(50,51)52)39-33(38-31)36-28-15-13-25(42-40-22-8-4-3-5-9-22)20-30(28)54-16-7-17-55(44,45)46/h3-6,8-15,18-21H,7,16-17H2,1-2H3,(H,44,45,46)(H,47,48,49)(H,50,51,52)(H3,34,35,36,37,38,39). The molecule has 1 heterocycles. The van der Waals surface area contributed by atoms with Gasteiger partial charge in [0.1, 0.15) is 11.5 Å². The van der Waals surface area contributed by atoms with Gasteiger partial charge in [0.05, 0.1) is 58.5 Å². The summed E-state index contributed by atoms with van der Waals surface area (Å²) in [4.78, 5) is 12.5. The first-order valence-electron chi connectivity index (χ1n) is 16.3. The Hall–Kier alpha value is -6.18. The van der Waals surface area contributed by atoms with E-state index < -0.39 is 41.5 Å². The largest absolute Gasteiger partial charge is 0.494 e. The molecule has 0 amide bonds. The Morgan fingerprint density at radius 3 is 1.74 bits per heavy atom. The Morgan fingerprint density at radius 2 is 1.18 bits per heavy atom. The Morgan fingerprint density at radius 1 is 0.649 bits per heavy atom. The summed E-state index contributed by atoms with van der Waals surface area (Å²) < 4.78 is 109. The van der Waals surface area contributed by atoms with Gasteiger partial charge in [0.25, 0.3) is 30.4 Å². The Labute approximate surface area is 326 Å². The van der Waals surface area contributed by atoms with Crippen molar-refractivity contribution in [3.63, 3.8) is 0 Å². The average Bonchev–Trinajstić information content (AvgIpc) is 3.15. The van der Waals surface area contributed by atoms with E-state index in [1.54, 1.807) is 36.4 Å². The minimum atomic E-state index is -4.59. The molecule has 0 aliphatic rings. The molecule has 0 saturated heterocycles. The lowest BCUT2D eigenvalue weighted by atomic mass is 10.2. The van der Waals surface area contributed by atoms with E-state index >= 15 is 0 Å². The molecule has 300 valence electrons. The lowest BCUT2D eigenvalue weighted by Crippen LogP contribution is -2.27. The first-order valence-corrected chi connectivity index (χ1v) is 20.9. The van der Waals surface area contributed by atoms with Crippen LogP contribution in [0.5, 0.6) is 11.5 Å². The lowest BCUT2D eigenvalue weighted by molar-refractivity contribution is 0.317. The zero-order valence-electron chi connectivity index (χ0n) is 29.8. The SMILES string of the molecule is COc1cc(N=Nc2cccc(S(=O)(=O)O)c2)ccc1Nc1nc(Nc2ccc(N=Nc3ccccc3)cc2OCCCS(=O)(=O)O)nc(NC(C)S(=O)(=O)O)n1. The summed E-state index contributed by atoms with van der Waals surface area (Å²) in [6, 6.07) is 23.3. The summed E-state index contributed by atoms with van der Waals surface area (Å²) in [5.74, 6) is -0.770. The molecule has 0 bridgehead atoms. The van der Waals surface area contributed by atoms with Gasteiger partial charge in [-0.25, -0.2) is 0 Å². The van der Waals surface area contributed by atoms with Crippen LogP contribution in [0.4, 0.5) is 52.0 Å². The number of nitrogens with zero attached hydrogens (tertiary/aromatic N) is 7. The summed E-state index contributed by atoms with van der Waals surface area (Å²) in [6.45, 7) is 1.03. The molecule has 0 spiro atoms. The van der Waals surface area contributed by atoms with E-state index in [4.69, 9.17) is 14.0 Å². The average molecular weight is 843 g/mol. The van der Waals surface area contributed by atoms with E-state index in [0.29, 0.717) is 17.1 Å². The maximum atomic E-state index is 11.8. The van der Waals surface area contributed by atoms with E-state index in [9.17, 15) is 34.4 Å². The Balaban J connectivity index is 1.45. The van der Waals surface area contributed by atoms with Crippen molar-refractivity contribution in [2.24, 2.45) is 20.5 Å². The van der Waals surface area contributed by atoms with Crippen LogP contribution in [-0.2, 0) is 30.4 Å². The van der Waals surface area contributed by atoms with Crippen molar-refractivity contribution in [3.05, 3.63) is 91.0 Å². The minimum Gasteiger partial charge on any atom is -0.494 e. The predicted octanol–water partition coefficient (Wildman–Crippen LogP) is 6.75. The number of rotatable bonds is 18. The summed E-state index contributed by atoms with van der Waals surface area (Å²) in [5.41, 5.74) is 1.92. The second-order valence-corrected chi connectivity index (χ2v) is 16.3. The van der Waals surface area contributed by atoms with Crippen molar-refractivity contribution < 1.29 is 48.4 Å². The van der Waals surface area contributed by atoms with Gasteiger partial charge >= 0.3 is 0 Å². The van der Waals surface area contributed by atoms with Gasteiger partial charge in [-0.05, 0) is 67.9 Å². The van der Waals surface area contributed by atoms with Crippen LogP contribution in [-0.4, -0.2) is 78.7 Å². The third-order valence-corrected chi connectivity index (χ3v) is 9.96. The third kappa shape index (κ3) is 12.9. The van der Waals surface area contributed by atoms with E-state index in [1.165, 1.54) is 49.6 Å². The molecule has 4 aromatic carbocycles. The van der Waals surface area contributed by atoms with Crippen molar-refractivity contribution in [1.82, 2.24) is 15.0 Å². The Kier molecular flexibility index (Phi) is 13.4. The van der Waals surface area contributed by atoms with Crippen LogP contribution in [0, 0.1) is 0 Å². The second kappa shape index (κ2) is 18.2. The van der Waals surface area contributed by atoms with Crippen LogP contribution in [0.15, 0.2) is 116 Å². The molecular weight excluding hydrogens is 809 g/mol. The van der Waals surface area contributed by atoms with Gasteiger partial charge in [-0.15, -0.1) is 0 Å². The van der Waals surface area contributed by atoms with Gasteiger partial charge in [0, 0.05) is 12.1 Å². The van der Waals surface area contributed by atoms with Crippen LogP contribution < -0.4 is 25.4 Å². The van der Waals surface area contributed by atoms with E-state index in [-0.39, 0.29) is 64.3 Å².